The Balaban J connectivity index is 2.02. The van der Waals surface area contributed by atoms with Gasteiger partial charge in [0.05, 0.1) is 0 Å². The number of alkyl carbamates (subject to hydrolysis) is 1. The fourth-order valence-corrected chi connectivity index (χ4v) is 3.98. The summed E-state index contributed by atoms with van der Waals surface area (Å²) in [5.74, 6) is -1.46. The molecule has 4 N–H and O–H groups in total. The molecule has 0 saturated carbocycles. The Morgan fingerprint density at radius 2 is 1.65 bits per heavy atom. The van der Waals surface area contributed by atoms with Crippen LogP contribution < -0.4 is 10.6 Å². The van der Waals surface area contributed by atoms with Crippen LogP contribution in [0.5, 0.6) is 11.5 Å². The van der Waals surface area contributed by atoms with Gasteiger partial charge >= 0.3 is 6.09 Å². The summed E-state index contributed by atoms with van der Waals surface area (Å²) < 4.78 is 5.36. The average molecular weight is 544 g/mol. The van der Waals surface area contributed by atoms with Gasteiger partial charge in [0.1, 0.15) is 29.2 Å². The number of carbonyl (C=O) groups excluding carboxylic acids is 3. The summed E-state index contributed by atoms with van der Waals surface area (Å²) in [6.45, 7) is 6.88. The molecule has 0 spiro atoms. The van der Waals surface area contributed by atoms with Gasteiger partial charge in [-0.1, -0.05) is 48.9 Å². The fourth-order valence-electron chi connectivity index (χ4n) is 3.98. The molecule has 9 nitrogen and oxygen atoms in total. The number of para-hydroxylation sites is 1. The number of hydrogen-bond acceptors (Lipinski definition) is 6. The first-order valence-corrected chi connectivity index (χ1v) is 12.6. The maximum Gasteiger partial charge on any atom is 0.408 e. The van der Waals surface area contributed by atoms with E-state index in [0.717, 1.165) is 10.5 Å². The highest BCUT2D eigenvalue weighted by Gasteiger charge is 2.36. The van der Waals surface area contributed by atoms with E-state index in [-0.39, 0.29) is 23.5 Å². The highest BCUT2D eigenvalue weighted by Crippen LogP contribution is 2.27. The number of anilines is 1. The van der Waals surface area contributed by atoms with E-state index in [0.29, 0.717) is 11.3 Å². The van der Waals surface area contributed by atoms with E-state index in [9.17, 15) is 24.6 Å². The van der Waals surface area contributed by atoms with Crippen LogP contribution in [0, 0.1) is 19.4 Å². The van der Waals surface area contributed by atoms with Crippen molar-refractivity contribution in [3.63, 3.8) is 0 Å². The van der Waals surface area contributed by atoms with E-state index in [1.54, 1.807) is 51.1 Å². The standard InChI is InChI=1S/C31H33N3O6/c1-6-34(27(22-11-9-12-24(36)19-22)28(37)32-25-13-8-7-10-20(25)2)29(38)26(33-30(39)40-31(3,4)5)18-21-14-16-23(35)17-15-21/h1,7-17,19,26-27,35-36H,18H2,2-5H3,(H,32,37)(H,33,39). The highest BCUT2D eigenvalue weighted by molar-refractivity contribution is 6.00. The lowest BCUT2D eigenvalue weighted by atomic mass is 10.0. The maximum absolute atomic E-state index is 14.0. The number of amides is 3. The number of terminal acetylenes is 1. The van der Waals surface area contributed by atoms with Crippen LogP contribution in [0.4, 0.5) is 10.5 Å². The molecule has 40 heavy (non-hydrogen) atoms. The van der Waals surface area contributed by atoms with Crippen molar-refractivity contribution in [3.05, 3.63) is 89.5 Å². The second-order valence-corrected chi connectivity index (χ2v) is 10.2. The number of carbonyl (C=O) groups is 3. The first-order valence-electron chi connectivity index (χ1n) is 12.6. The lowest BCUT2D eigenvalue weighted by molar-refractivity contribution is -0.136. The normalized spacial score (nSPS) is 12.4. The zero-order valence-electron chi connectivity index (χ0n) is 22.8. The number of ether oxygens (including phenoxy) is 1. The van der Waals surface area contributed by atoms with Crippen LogP contribution in [0.1, 0.15) is 43.5 Å². The molecule has 0 heterocycles. The molecule has 208 valence electrons. The summed E-state index contributed by atoms with van der Waals surface area (Å²) in [6.07, 6.45) is 4.97. The fraction of sp³-hybridized carbons (Fsp3) is 0.258. The highest BCUT2D eigenvalue weighted by atomic mass is 16.6. The molecule has 0 aliphatic carbocycles. The van der Waals surface area contributed by atoms with E-state index in [2.05, 4.69) is 16.7 Å². The van der Waals surface area contributed by atoms with Crippen molar-refractivity contribution in [1.82, 2.24) is 10.2 Å². The predicted octanol–water partition coefficient (Wildman–Crippen LogP) is 4.64. The van der Waals surface area contributed by atoms with Gasteiger partial charge in [-0.15, -0.1) is 0 Å². The number of benzene rings is 3. The minimum atomic E-state index is -1.35. The van der Waals surface area contributed by atoms with Gasteiger partial charge in [-0.05, 0) is 74.7 Å². The largest absolute Gasteiger partial charge is 0.508 e. The molecule has 0 aliphatic heterocycles. The van der Waals surface area contributed by atoms with Gasteiger partial charge < -0.3 is 25.6 Å². The number of rotatable bonds is 8. The molecule has 0 aromatic heterocycles. The molecule has 3 amide bonds. The Labute approximate surface area is 233 Å². The quantitative estimate of drug-likeness (QED) is 0.242. The van der Waals surface area contributed by atoms with Gasteiger partial charge in [-0.25, -0.2) is 4.79 Å². The minimum absolute atomic E-state index is 0.0112. The third-order valence-electron chi connectivity index (χ3n) is 5.84. The van der Waals surface area contributed by atoms with Crippen LogP contribution in [0.2, 0.25) is 0 Å². The summed E-state index contributed by atoms with van der Waals surface area (Å²) in [5.41, 5.74) is 1.36. The number of hydrogen-bond donors (Lipinski definition) is 4. The second-order valence-electron chi connectivity index (χ2n) is 10.2. The van der Waals surface area contributed by atoms with Crippen molar-refractivity contribution in [1.29, 1.82) is 0 Å². The smallest absolute Gasteiger partial charge is 0.408 e. The van der Waals surface area contributed by atoms with Crippen molar-refractivity contribution in [2.24, 2.45) is 0 Å². The molecule has 2 unspecified atom stereocenters. The van der Waals surface area contributed by atoms with Gasteiger partial charge in [0, 0.05) is 18.2 Å². The molecular weight excluding hydrogens is 510 g/mol. The molecule has 0 aliphatic rings. The van der Waals surface area contributed by atoms with Gasteiger partial charge in [0.15, 0.2) is 0 Å². The molecular formula is C31H33N3O6. The molecule has 2 atom stereocenters. The third-order valence-corrected chi connectivity index (χ3v) is 5.84. The van der Waals surface area contributed by atoms with Crippen LogP contribution in [0.15, 0.2) is 72.8 Å². The zero-order chi connectivity index (χ0) is 29.4. The van der Waals surface area contributed by atoms with E-state index in [1.807, 2.05) is 19.1 Å². The number of aromatic hydroxyl groups is 2. The number of nitrogens with one attached hydrogen (secondary N) is 2. The van der Waals surface area contributed by atoms with Crippen molar-refractivity contribution in [2.45, 2.75) is 51.8 Å². The average Bonchev–Trinajstić information content (AvgIpc) is 2.88. The lowest BCUT2D eigenvalue weighted by Crippen LogP contribution is -2.51. The third kappa shape index (κ3) is 8.01. The summed E-state index contributed by atoms with van der Waals surface area (Å²) in [4.78, 5) is 41.3. The zero-order valence-corrected chi connectivity index (χ0v) is 22.8. The Bertz CT molecular complexity index is 1410. The molecule has 0 fully saturated rings. The topological polar surface area (TPSA) is 128 Å². The van der Waals surface area contributed by atoms with Crippen LogP contribution in [0.3, 0.4) is 0 Å². The van der Waals surface area contributed by atoms with E-state index in [4.69, 9.17) is 11.2 Å². The predicted molar refractivity (Wildman–Crippen MR) is 151 cm³/mol. The summed E-state index contributed by atoms with van der Waals surface area (Å²) >= 11 is 0. The Kier molecular flexibility index (Phi) is 9.41. The lowest BCUT2D eigenvalue weighted by Gasteiger charge is -2.30. The van der Waals surface area contributed by atoms with Gasteiger partial charge in [-0.2, -0.15) is 0 Å². The molecule has 0 bridgehead atoms. The summed E-state index contributed by atoms with van der Waals surface area (Å²) in [6, 6.07) is 18.8. The van der Waals surface area contributed by atoms with Crippen LogP contribution in [-0.2, 0) is 20.7 Å². The van der Waals surface area contributed by atoms with Crippen molar-refractivity contribution in [2.75, 3.05) is 5.32 Å². The van der Waals surface area contributed by atoms with Crippen molar-refractivity contribution in [3.8, 4) is 24.0 Å². The first kappa shape index (κ1) is 29.6. The second kappa shape index (κ2) is 12.7. The summed E-state index contributed by atoms with van der Waals surface area (Å²) in [7, 11) is 0. The Hall–Kier alpha value is -4.97. The number of phenols is 2. The summed E-state index contributed by atoms with van der Waals surface area (Å²) in [5, 5.41) is 25.2. The van der Waals surface area contributed by atoms with E-state index in [1.165, 1.54) is 30.3 Å². The Morgan fingerprint density at radius 1 is 0.975 bits per heavy atom. The monoisotopic (exact) mass is 543 g/mol. The molecule has 3 aromatic carbocycles. The molecule has 0 radical (unpaired) electrons. The number of nitrogens with zero attached hydrogens (tertiary/aromatic N) is 1. The Morgan fingerprint density at radius 3 is 2.25 bits per heavy atom. The van der Waals surface area contributed by atoms with Crippen LogP contribution in [0.25, 0.3) is 0 Å². The number of phenolic OH excluding ortho intramolecular Hbond substituents is 2. The van der Waals surface area contributed by atoms with Gasteiger partial charge in [0.25, 0.3) is 11.8 Å². The van der Waals surface area contributed by atoms with Crippen molar-refractivity contribution < 1.29 is 29.3 Å². The van der Waals surface area contributed by atoms with Gasteiger partial charge in [-0.3, -0.25) is 14.5 Å². The van der Waals surface area contributed by atoms with Crippen LogP contribution in [-0.4, -0.2) is 44.7 Å². The molecule has 3 rings (SSSR count). The first-order chi connectivity index (χ1) is 18.9. The number of aryl methyl sites for hydroxylation is 1. The van der Waals surface area contributed by atoms with Crippen molar-refractivity contribution >= 4 is 23.6 Å². The molecule has 0 saturated heterocycles. The van der Waals surface area contributed by atoms with Gasteiger partial charge in [0.2, 0.25) is 0 Å². The molecule has 3 aromatic rings. The van der Waals surface area contributed by atoms with Crippen LogP contribution >= 0.6 is 0 Å². The van der Waals surface area contributed by atoms with E-state index >= 15 is 0 Å². The minimum Gasteiger partial charge on any atom is -0.508 e. The molecule has 9 heteroatoms. The van der Waals surface area contributed by atoms with E-state index < -0.39 is 35.6 Å². The maximum atomic E-state index is 14.0. The SMILES string of the molecule is C#CN(C(=O)C(Cc1ccc(O)cc1)NC(=O)OC(C)(C)C)C(C(=O)Nc1ccccc1C)c1cccc(O)c1.